The van der Waals surface area contributed by atoms with E-state index in [-0.39, 0.29) is 0 Å². The molecule has 0 aliphatic carbocycles. The normalized spacial score (nSPS) is 15.1. The number of fused-ring (bicyclic) bond motifs is 1. The summed E-state index contributed by atoms with van der Waals surface area (Å²) in [6.07, 6.45) is -0.646. The molecular weight excluding hydrogens is 355 g/mol. The van der Waals surface area contributed by atoms with Crippen molar-refractivity contribution >= 4 is 22.6 Å². The third-order valence-corrected chi connectivity index (χ3v) is 3.79. The van der Waals surface area contributed by atoms with Gasteiger partial charge in [0.1, 0.15) is 19.3 Å². The Morgan fingerprint density at radius 2 is 1.53 bits per heavy atom. The number of aliphatic hydroxyl groups excluding tert-OH is 1. The molecule has 2 aromatic rings. The summed E-state index contributed by atoms with van der Waals surface area (Å²) < 4.78 is 12.2. The van der Waals surface area contributed by atoms with Crippen LogP contribution in [0.4, 0.5) is 0 Å². The minimum absolute atomic E-state index is 0.552. The predicted octanol–water partition coefficient (Wildman–Crippen LogP) is 3.14. The molecule has 1 N–H and O–H groups in total. The van der Waals surface area contributed by atoms with Gasteiger partial charge in [0, 0.05) is 3.57 Å². The van der Waals surface area contributed by atoms with Gasteiger partial charge in [-0.2, -0.15) is 0 Å². The molecule has 1 aliphatic rings. The second-order valence-corrected chi connectivity index (χ2v) is 5.60. The number of aliphatic hydroxyl groups is 1. The second-order valence-electron chi connectivity index (χ2n) is 4.36. The van der Waals surface area contributed by atoms with Crippen LogP contribution in [0.1, 0.15) is 17.2 Å². The zero-order chi connectivity index (χ0) is 13.2. The van der Waals surface area contributed by atoms with Crippen molar-refractivity contribution in [2.75, 3.05) is 13.2 Å². The first-order chi connectivity index (χ1) is 9.24. The first kappa shape index (κ1) is 12.7. The predicted molar refractivity (Wildman–Crippen MR) is 80.7 cm³/mol. The Kier molecular flexibility index (Phi) is 3.61. The van der Waals surface area contributed by atoms with E-state index in [1.807, 2.05) is 42.5 Å². The third-order valence-electron chi connectivity index (χ3n) is 3.07. The monoisotopic (exact) mass is 368 g/mol. The Hall–Kier alpha value is -1.27. The van der Waals surface area contributed by atoms with E-state index in [2.05, 4.69) is 22.6 Å². The smallest absolute Gasteiger partial charge is 0.161 e. The minimum atomic E-state index is -0.646. The molecular formula is C15H13IO3. The molecule has 3 nitrogen and oxygen atoms in total. The highest BCUT2D eigenvalue weighted by molar-refractivity contribution is 14.1. The highest BCUT2D eigenvalue weighted by atomic mass is 127. The van der Waals surface area contributed by atoms with Crippen molar-refractivity contribution in [2.45, 2.75) is 6.10 Å². The first-order valence-electron chi connectivity index (χ1n) is 6.07. The molecule has 0 saturated carbocycles. The molecule has 1 aliphatic heterocycles. The summed E-state index contributed by atoms with van der Waals surface area (Å²) >= 11 is 2.24. The lowest BCUT2D eigenvalue weighted by Crippen LogP contribution is -2.15. The van der Waals surface area contributed by atoms with Crippen molar-refractivity contribution in [3.05, 3.63) is 57.2 Å². The third kappa shape index (κ3) is 2.69. The summed E-state index contributed by atoms with van der Waals surface area (Å²) in [6.45, 7) is 1.13. The molecule has 1 heterocycles. The Balaban J connectivity index is 1.91. The zero-order valence-corrected chi connectivity index (χ0v) is 12.3. The van der Waals surface area contributed by atoms with Crippen LogP contribution in [0.15, 0.2) is 42.5 Å². The number of halogens is 1. The van der Waals surface area contributed by atoms with Crippen LogP contribution in [0, 0.1) is 3.57 Å². The van der Waals surface area contributed by atoms with Crippen LogP contribution in [-0.4, -0.2) is 18.3 Å². The Labute approximate surface area is 125 Å². The molecule has 19 heavy (non-hydrogen) atoms. The van der Waals surface area contributed by atoms with Gasteiger partial charge in [-0.15, -0.1) is 0 Å². The standard InChI is InChI=1S/C15H13IO3/c16-12-4-1-10(2-5-12)15(17)11-3-6-13-14(9-11)19-8-7-18-13/h1-6,9,15,17H,7-8H2. The molecule has 0 saturated heterocycles. The fourth-order valence-corrected chi connectivity index (χ4v) is 2.43. The van der Waals surface area contributed by atoms with Gasteiger partial charge in [0.15, 0.2) is 11.5 Å². The summed E-state index contributed by atoms with van der Waals surface area (Å²) in [5.41, 5.74) is 1.68. The van der Waals surface area contributed by atoms with Crippen LogP contribution < -0.4 is 9.47 Å². The van der Waals surface area contributed by atoms with Crippen LogP contribution in [0.2, 0.25) is 0 Å². The Bertz CT molecular complexity index is 580. The molecule has 0 fully saturated rings. The van der Waals surface area contributed by atoms with E-state index in [0.29, 0.717) is 19.0 Å². The highest BCUT2D eigenvalue weighted by Crippen LogP contribution is 2.34. The zero-order valence-electron chi connectivity index (χ0n) is 10.2. The molecule has 4 heteroatoms. The van der Waals surface area contributed by atoms with Gasteiger partial charge in [0.2, 0.25) is 0 Å². The summed E-state index contributed by atoms with van der Waals surface area (Å²) in [5.74, 6) is 1.44. The molecule has 0 radical (unpaired) electrons. The molecule has 1 atom stereocenters. The molecule has 0 bridgehead atoms. The maximum absolute atomic E-state index is 10.4. The molecule has 1 unspecified atom stereocenters. The second kappa shape index (κ2) is 5.38. The van der Waals surface area contributed by atoms with Gasteiger partial charge in [0.25, 0.3) is 0 Å². The van der Waals surface area contributed by atoms with Gasteiger partial charge in [0.05, 0.1) is 0 Å². The van der Waals surface area contributed by atoms with Gasteiger partial charge in [-0.1, -0.05) is 18.2 Å². The largest absolute Gasteiger partial charge is 0.486 e. The summed E-state index contributed by atoms with van der Waals surface area (Å²) in [6, 6.07) is 13.4. The lowest BCUT2D eigenvalue weighted by molar-refractivity contribution is 0.169. The van der Waals surface area contributed by atoms with Crippen molar-refractivity contribution < 1.29 is 14.6 Å². The van der Waals surface area contributed by atoms with E-state index < -0.39 is 6.10 Å². The van der Waals surface area contributed by atoms with Gasteiger partial charge in [-0.05, 0) is 58.0 Å². The molecule has 98 valence electrons. The molecule has 3 rings (SSSR count). The number of rotatable bonds is 2. The van der Waals surface area contributed by atoms with E-state index >= 15 is 0 Å². The lowest BCUT2D eigenvalue weighted by Gasteiger charge is -2.20. The molecule has 0 aromatic heterocycles. The van der Waals surface area contributed by atoms with Gasteiger partial charge >= 0.3 is 0 Å². The van der Waals surface area contributed by atoms with Crippen LogP contribution in [-0.2, 0) is 0 Å². The van der Waals surface area contributed by atoms with E-state index in [4.69, 9.17) is 9.47 Å². The van der Waals surface area contributed by atoms with Crippen LogP contribution >= 0.6 is 22.6 Å². The SMILES string of the molecule is OC(c1ccc(I)cc1)c1ccc2c(c1)OCCO2. The van der Waals surface area contributed by atoms with Gasteiger partial charge in [-0.25, -0.2) is 0 Å². The highest BCUT2D eigenvalue weighted by Gasteiger charge is 2.16. The lowest BCUT2D eigenvalue weighted by atomic mass is 10.0. The van der Waals surface area contributed by atoms with Crippen molar-refractivity contribution in [3.63, 3.8) is 0 Å². The fourth-order valence-electron chi connectivity index (χ4n) is 2.07. The molecule has 0 amide bonds. The molecule has 2 aromatic carbocycles. The fraction of sp³-hybridized carbons (Fsp3) is 0.200. The molecule has 0 spiro atoms. The van der Waals surface area contributed by atoms with E-state index in [9.17, 15) is 5.11 Å². The van der Waals surface area contributed by atoms with E-state index in [1.165, 1.54) is 0 Å². The van der Waals surface area contributed by atoms with Crippen LogP contribution in [0.3, 0.4) is 0 Å². The van der Waals surface area contributed by atoms with Crippen molar-refractivity contribution in [1.29, 1.82) is 0 Å². The summed E-state index contributed by atoms with van der Waals surface area (Å²) in [4.78, 5) is 0. The quantitative estimate of drug-likeness (QED) is 0.828. The van der Waals surface area contributed by atoms with Crippen molar-refractivity contribution in [1.82, 2.24) is 0 Å². The van der Waals surface area contributed by atoms with Gasteiger partial charge in [-0.3, -0.25) is 0 Å². The first-order valence-corrected chi connectivity index (χ1v) is 7.15. The van der Waals surface area contributed by atoms with E-state index in [0.717, 1.165) is 20.4 Å². The minimum Gasteiger partial charge on any atom is -0.486 e. The van der Waals surface area contributed by atoms with E-state index in [1.54, 1.807) is 0 Å². The number of benzene rings is 2. The van der Waals surface area contributed by atoms with Crippen molar-refractivity contribution in [3.8, 4) is 11.5 Å². The average Bonchev–Trinajstić information content (AvgIpc) is 2.47. The maximum Gasteiger partial charge on any atom is 0.161 e. The van der Waals surface area contributed by atoms with Crippen LogP contribution in [0.5, 0.6) is 11.5 Å². The van der Waals surface area contributed by atoms with Gasteiger partial charge < -0.3 is 14.6 Å². The topological polar surface area (TPSA) is 38.7 Å². The maximum atomic E-state index is 10.4. The van der Waals surface area contributed by atoms with Crippen LogP contribution in [0.25, 0.3) is 0 Å². The summed E-state index contributed by atoms with van der Waals surface area (Å²) in [7, 11) is 0. The average molecular weight is 368 g/mol. The Morgan fingerprint density at radius 1 is 0.895 bits per heavy atom. The Morgan fingerprint density at radius 3 is 2.26 bits per heavy atom. The number of hydrogen-bond donors (Lipinski definition) is 1. The number of hydrogen-bond acceptors (Lipinski definition) is 3. The summed E-state index contributed by atoms with van der Waals surface area (Å²) in [5, 5.41) is 10.4. The number of ether oxygens (including phenoxy) is 2. The van der Waals surface area contributed by atoms with Crippen molar-refractivity contribution in [2.24, 2.45) is 0 Å².